The van der Waals surface area contributed by atoms with Gasteiger partial charge in [0.25, 0.3) is 0 Å². The summed E-state index contributed by atoms with van der Waals surface area (Å²) in [5, 5.41) is 9.63. The third kappa shape index (κ3) is 6.77. The van der Waals surface area contributed by atoms with E-state index in [0.29, 0.717) is 16.8 Å². The Morgan fingerprint density at radius 2 is 1.74 bits per heavy atom. The van der Waals surface area contributed by atoms with Crippen LogP contribution in [-0.2, 0) is 14.1 Å². The van der Waals surface area contributed by atoms with Gasteiger partial charge in [-0.3, -0.25) is 4.79 Å². The number of aromatic nitrogens is 1. The normalized spacial score (nSPS) is 12.0. The fourth-order valence-corrected chi connectivity index (χ4v) is 3.90. The van der Waals surface area contributed by atoms with Crippen LogP contribution in [0.15, 0.2) is 54.6 Å². The van der Waals surface area contributed by atoms with Crippen LogP contribution >= 0.6 is 8.03 Å². The molecule has 0 aliphatic rings. The standard InChI is InChI=1S/C26H22F2NO5P/c1-16(2)25-21(12-13-34-22(31)14-20(30)15-35(32)33)23(17-8-10-19(27)11-9-17)24(28)26(29-25)18-6-4-3-5-7-18/h3-11,16,20,30H,14-15H2,1-2H3/p+1. The summed E-state index contributed by atoms with van der Waals surface area (Å²) < 4.78 is 45.1. The van der Waals surface area contributed by atoms with Crippen LogP contribution in [0.1, 0.15) is 37.4 Å². The number of hydrogen-bond donors (Lipinski definition) is 2. The number of carbonyl (C=O) groups excluding carboxylic acids is 1. The van der Waals surface area contributed by atoms with E-state index >= 15 is 4.39 Å². The molecule has 2 N–H and O–H groups in total. The molecule has 0 aliphatic carbocycles. The maximum absolute atomic E-state index is 15.9. The summed E-state index contributed by atoms with van der Waals surface area (Å²) >= 11 is 0. The van der Waals surface area contributed by atoms with Crippen LogP contribution in [0.4, 0.5) is 8.78 Å². The average molecular weight is 498 g/mol. The van der Waals surface area contributed by atoms with Crippen molar-refractivity contribution >= 4 is 14.0 Å². The highest BCUT2D eigenvalue weighted by Crippen LogP contribution is 2.36. The highest BCUT2D eigenvalue weighted by molar-refractivity contribution is 7.38. The molecule has 2 atom stereocenters. The number of ether oxygens (including phenoxy) is 1. The quantitative estimate of drug-likeness (QED) is 0.266. The van der Waals surface area contributed by atoms with E-state index in [1.165, 1.54) is 24.3 Å². The van der Waals surface area contributed by atoms with Crippen molar-refractivity contribution in [3.8, 4) is 34.4 Å². The van der Waals surface area contributed by atoms with E-state index in [-0.39, 0.29) is 22.7 Å². The van der Waals surface area contributed by atoms with Gasteiger partial charge in [-0.2, -0.15) is 4.89 Å². The molecule has 0 amide bonds. The third-order valence-corrected chi connectivity index (χ3v) is 5.74. The van der Waals surface area contributed by atoms with Gasteiger partial charge in [0.15, 0.2) is 5.82 Å². The first-order chi connectivity index (χ1) is 16.7. The van der Waals surface area contributed by atoms with Crippen molar-refractivity contribution in [3.63, 3.8) is 0 Å². The minimum Gasteiger partial charge on any atom is -0.388 e. The third-order valence-electron chi connectivity index (χ3n) is 5.00. The number of benzene rings is 2. The first kappa shape index (κ1) is 26.1. The molecule has 1 heterocycles. The number of esters is 1. The minimum absolute atomic E-state index is 0.0865. The van der Waals surface area contributed by atoms with Crippen molar-refractivity contribution in [3.05, 3.63) is 77.5 Å². The number of halogens is 2. The Morgan fingerprint density at radius 3 is 2.34 bits per heavy atom. The average Bonchev–Trinajstić information content (AvgIpc) is 2.80. The van der Waals surface area contributed by atoms with Gasteiger partial charge in [-0.25, -0.2) is 13.8 Å². The second-order valence-electron chi connectivity index (χ2n) is 8.03. The van der Waals surface area contributed by atoms with Gasteiger partial charge in [0.05, 0.1) is 17.7 Å². The topological polar surface area (TPSA) is 96.7 Å². The Bertz CT molecular complexity index is 1290. The number of aliphatic hydroxyl groups excluding tert-OH is 1. The van der Waals surface area contributed by atoms with Crippen molar-refractivity contribution in [2.75, 3.05) is 6.16 Å². The Kier molecular flexibility index (Phi) is 8.78. The Balaban J connectivity index is 2.10. The van der Waals surface area contributed by atoms with E-state index in [9.17, 15) is 18.9 Å². The number of rotatable bonds is 7. The maximum Gasteiger partial charge on any atom is 0.508 e. The second kappa shape index (κ2) is 11.8. The molecule has 0 bridgehead atoms. The summed E-state index contributed by atoms with van der Waals surface area (Å²) in [6, 6.07) is 14.0. The van der Waals surface area contributed by atoms with Crippen LogP contribution in [0.2, 0.25) is 0 Å². The van der Waals surface area contributed by atoms with Crippen molar-refractivity contribution in [2.45, 2.75) is 32.3 Å². The monoisotopic (exact) mass is 498 g/mol. The van der Waals surface area contributed by atoms with Gasteiger partial charge in [-0.15, -0.1) is 0 Å². The molecule has 0 radical (unpaired) electrons. The van der Waals surface area contributed by atoms with Gasteiger partial charge in [0, 0.05) is 11.1 Å². The van der Waals surface area contributed by atoms with Crippen LogP contribution in [0.25, 0.3) is 22.4 Å². The Labute approximate surface area is 202 Å². The van der Waals surface area contributed by atoms with Crippen LogP contribution in [-0.4, -0.2) is 33.2 Å². The second-order valence-corrected chi connectivity index (χ2v) is 9.10. The molecule has 6 nitrogen and oxygen atoms in total. The van der Waals surface area contributed by atoms with Crippen molar-refractivity contribution < 1.29 is 32.9 Å². The van der Waals surface area contributed by atoms with Gasteiger partial charge in [0.1, 0.15) is 23.7 Å². The highest BCUT2D eigenvalue weighted by Gasteiger charge is 2.24. The molecule has 0 fully saturated rings. The fourth-order valence-electron chi connectivity index (χ4n) is 3.41. The number of nitrogens with zero attached hydrogens (tertiary/aromatic N) is 1. The number of carbonyl (C=O) groups is 1. The molecule has 0 spiro atoms. The van der Waals surface area contributed by atoms with Crippen molar-refractivity contribution in [1.82, 2.24) is 4.98 Å². The summed E-state index contributed by atoms with van der Waals surface area (Å²) in [7, 11) is -2.61. The molecule has 1 aromatic heterocycles. The summed E-state index contributed by atoms with van der Waals surface area (Å²) in [5.41, 5.74) is 1.74. The smallest absolute Gasteiger partial charge is 0.388 e. The molecular weight excluding hydrogens is 475 g/mol. The first-order valence-corrected chi connectivity index (χ1v) is 12.1. The molecular formula is C26H23F2NO5P+. The highest BCUT2D eigenvalue weighted by atomic mass is 31.1. The van der Waals surface area contributed by atoms with Gasteiger partial charge < -0.3 is 9.84 Å². The molecule has 9 heteroatoms. The van der Waals surface area contributed by atoms with Crippen molar-refractivity contribution in [2.24, 2.45) is 0 Å². The molecule has 0 saturated carbocycles. The summed E-state index contributed by atoms with van der Waals surface area (Å²) in [6.45, 7) is 3.71. The molecule has 0 aliphatic heterocycles. The lowest BCUT2D eigenvalue weighted by Crippen LogP contribution is -2.16. The minimum atomic E-state index is -2.61. The van der Waals surface area contributed by atoms with Crippen LogP contribution in [0, 0.1) is 23.7 Å². The fraction of sp³-hybridized carbons (Fsp3) is 0.231. The number of aliphatic hydroxyl groups is 1. The first-order valence-electron chi connectivity index (χ1n) is 10.7. The number of hydrogen-bond acceptors (Lipinski definition) is 5. The van der Waals surface area contributed by atoms with E-state index in [0.717, 1.165) is 0 Å². The zero-order valence-corrected chi connectivity index (χ0v) is 19.9. The zero-order valence-electron chi connectivity index (χ0n) is 19.0. The summed E-state index contributed by atoms with van der Waals surface area (Å²) in [5.74, 6) is 0.409. The molecule has 0 saturated heterocycles. The molecule has 3 rings (SSSR count). The largest absolute Gasteiger partial charge is 0.508 e. The lowest BCUT2D eigenvalue weighted by Gasteiger charge is -2.17. The molecule has 3 aromatic rings. The van der Waals surface area contributed by atoms with E-state index in [1.54, 1.807) is 30.3 Å². The summed E-state index contributed by atoms with van der Waals surface area (Å²) in [6.07, 6.45) is -0.124. The van der Waals surface area contributed by atoms with E-state index in [1.807, 2.05) is 13.8 Å². The van der Waals surface area contributed by atoms with E-state index in [4.69, 9.17) is 9.63 Å². The Morgan fingerprint density at radius 1 is 1.09 bits per heavy atom. The van der Waals surface area contributed by atoms with Gasteiger partial charge in [-0.1, -0.05) is 56.3 Å². The summed E-state index contributed by atoms with van der Waals surface area (Å²) in [4.78, 5) is 25.3. The molecule has 35 heavy (non-hydrogen) atoms. The predicted octanol–water partition coefficient (Wildman–Crippen LogP) is 5.16. The Hall–Kier alpha value is -3.50. The predicted molar refractivity (Wildman–Crippen MR) is 127 cm³/mol. The zero-order chi connectivity index (χ0) is 25.5. The van der Waals surface area contributed by atoms with Gasteiger partial charge >= 0.3 is 14.0 Å². The number of pyridine rings is 1. The lowest BCUT2D eigenvalue weighted by atomic mass is 9.92. The lowest BCUT2D eigenvalue weighted by molar-refractivity contribution is -0.138. The van der Waals surface area contributed by atoms with Crippen LogP contribution in [0.5, 0.6) is 0 Å². The SMILES string of the molecule is CC(C)c1nc(-c2ccccc2)c(F)c(-c2ccc(F)cc2)c1C#COC(=O)CC(O)C[P+](=O)O. The van der Waals surface area contributed by atoms with Crippen molar-refractivity contribution in [1.29, 1.82) is 0 Å². The van der Waals surface area contributed by atoms with Gasteiger partial charge in [-0.05, 0) is 34.1 Å². The van der Waals surface area contributed by atoms with E-state index < -0.39 is 44.3 Å². The molecule has 2 aromatic carbocycles. The van der Waals surface area contributed by atoms with Crippen LogP contribution in [0.3, 0.4) is 0 Å². The molecule has 180 valence electrons. The van der Waals surface area contributed by atoms with E-state index in [2.05, 4.69) is 17.0 Å². The van der Waals surface area contributed by atoms with Crippen LogP contribution < -0.4 is 0 Å². The molecule has 2 unspecified atom stereocenters. The maximum atomic E-state index is 15.9. The van der Waals surface area contributed by atoms with Gasteiger partial charge in [0.2, 0.25) is 6.16 Å².